The highest BCUT2D eigenvalue weighted by molar-refractivity contribution is 8.00. The number of hydrogen-bond donors (Lipinski definition) is 2. The Morgan fingerprint density at radius 3 is 2.79 bits per heavy atom. The van der Waals surface area contributed by atoms with Crippen molar-refractivity contribution in [2.75, 3.05) is 7.05 Å². The molecule has 0 aromatic carbocycles. The molecule has 1 saturated carbocycles. The standard InChI is InChI=1S/C15H18N6O2S/c1-9(13(22)18-14(23)16-2)24-15-20-19-12(21(15)11-5-6-11)10-4-3-7-17-8-10/h3-4,7-9,11H,5-6H2,1-2H3,(H2,16,18,22,23)/t9-/m0/s1. The van der Waals surface area contributed by atoms with E-state index in [4.69, 9.17) is 0 Å². The maximum Gasteiger partial charge on any atom is 0.321 e. The quantitative estimate of drug-likeness (QED) is 0.798. The van der Waals surface area contributed by atoms with Crippen LogP contribution in [0.5, 0.6) is 0 Å². The maximum absolute atomic E-state index is 12.0. The van der Waals surface area contributed by atoms with E-state index >= 15 is 0 Å². The second-order valence-corrected chi connectivity index (χ2v) is 6.79. The van der Waals surface area contributed by atoms with Crippen molar-refractivity contribution in [3.05, 3.63) is 24.5 Å². The summed E-state index contributed by atoms with van der Waals surface area (Å²) in [5.74, 6) is 0.389. The lowest BCUT2D eigenvalue weighted by Gasteiger charge is -2.12. The lowest BCUT2D eigenvalue weighted by atomic mass is 10.3. The Kier molecular flexibility index (Phi) is 4.79. The van der Waals surface area contributed by atoms with Crippen LogP contribution in [0, 0.1) is 0 Å². The number of imide groups is 1. The van der Waals surface area contributed by atoms with Gasteiger partial charge in [0.15, 0.2) is 11.0 Å². The molecule has 0 bridgehead atoms. The molecule has 24 heavy (non-hydrogen) atoms. The second-order valence-electron chi connectivity index (χ2n) is 5.48. The van der Waals surface area contributed by atoms with Crippen LogP contribution in [0.1, 0.15) is 25.8 Å². The number of nitrogens with zero attached hydrogens (tertiary/aromatic N) is 4. The van der Waals surface area contributed by atoms with Crippen molar-refractivity contribution < 1.29 is 9.59 Å². The van der Waals surface area contributed by atoms with E-state index in [-0.39, 0.29) is 5.91 Å². The molecular weight excluding hydrogens is 328 g/mol. The molecule has 9 heteroatoms. The van der Waals surface area contributed by atoms with Gasteiger partial charge in [-0.1, -0.05) is 11.8 Å². The number of rotatable bonds is 5. The predicted octanol–water partition coefficient (Wildman–Crippen LogP) is 1.61. The van der Waals surface area contributed by atoms with Crippen molar-refractivity contribution in [1.82, 2.24) is 30.4 Å². The minimum Gasteiger partial charge on any atom is -0.341 e. The Bertz CT molecular complexity index is 744. The number of aromatic nitrogens is 4. The van der Waals surface area contributed by atoms with Gasteiger partial charge in [-0.15, -0.1) is 10.2 Å². The molecule has 1 fully saturated rings. The molecule has 0 spiro atoms. The van der Waals surface area contributed by atoms with Gasteiger partial charge in [-0.3, -0.25) is 19.7 Å². The highest BCUT2D eigenvalue weighted by Crippen LogP contribution is 2.41. The van der Waals surface area contributed by atoms with Gasteiger partial charge >= 0.3 is 6.03 Å². The van der Waals surface area contributed by atoms with E-state index in [1.165, 1.54) is 18.8 Å². The topological polar surface area (TPSA) is 102 Å². The van der Waals surface area contributed by atoms with Crippen LogP contribution in [0.3, 0.4) is 0 Å². The highest BCUT2D eigenvalue weighted by atomic mass is 32.2. The van der Waals surface area contributed by atoms with Gasteiger partial charge in [0, 0.05) is 31.0 Å². The number of hydrogen-bond acceptors (Lipinski definition) is 6. The van der Waals surface area contributed by atoms with Crippen LogP contribution < -0.4 is 10.6 Å². The number of pyridine rings is 1. The fourth-order valence-corrected chi connectivity index (χ4v) is 3.12. The van der Waals surface area contributed by atoms with Crippen LogP contribution in [0.2, 0.25) is 0 Å². The van der Waals surface area contributed by atoms with Gasteiger partial charge in [0.1, 0.15) is 0 Å². The molecule has 3 rings (SSSR count). The number of nitrogens with one attached hydrogen (secondary N) is 2. The van der Waals surface area contributed by atoms with E-state index in [2.05, 4.69) is 30.4 Å². The molecule has 0 aliphatic heterocycles. The average molecular weight is 346 g/mol. The van der Waals surface area contributed by atoms with Crippen molar-refractivity contribution in [2.24, 2.45) is 0 Å². The first-order valence-electron chi connectivity index (χ1n) is 7.64. The highest BCUT2D eigenvalue weighted by Gasteiger charge is 2.31. The molecule has 2 aromatic heterocycles. The maximum atomic E-state index is 12.0. The number of urea groups is 1. The summed E-state index contributed by atoms with van der Waals surface area (Å²) in [7, 11) is 1.46. The van der Waals surface area contributed by atoms with Crippen molar-refractivity contribution in [3.63, 3.8) is 0 Å². The molecule has 2 N–H and O–H groups in total. The van der Waals surface area contributed by atoms with Gasteiger partial charge < -0.3 is 5.32 Å². The zero-order valence-electron chi connectivity index (χ0n) is 13.4. The monoisotopic (exact) mass is 346 g/mol. The lowest BCUT2D eigenvalue weighted by Crippen LogP contribution is -2.41. The van der Waals surface area contributed by atoms with Crippen LogP contribution in [0.4, 0.5) is 4.79 Å². The van der Waals surface area contributed by atoms with Gasteiger partial charge in [0.25, 0.3) is 0 Å². The molecule has 2 aromatic rings. The first kappa shape index (κ1) is 16.4. The lowest BCUT2D eigenvalue weighted by molar-refractivity contribution is -0.119. The minimum absolute atomic E-state index is 0.354. The average Bonchev–Trinajstić information content (AvgIpc) is 3.35. The minimum atomic E-state index is -0.521. The summed E-state index contributed by atoms with van der Waals surface area (Å²) in [6, 6.07) is 3.62. The van der Waals surface area contributed by atoms with Crippen molar-refractivity contribution in [3.8, 4) is 11.4 Å². The third kappa shape index (κ3) is 3.56. The van der Waals surface area contributed by atoms with Gasteiger partial charge in [-0.25, -0.2) is 4.79 Å². The molecule has 126 valence electrons. The summed E-state index contributed by atoms with van der Waals surface area (Å²) in [5.41, 5.74) is 0.895. The fraction of sp³-hybridized carbons (Fsp3) is 0.400. The number of amides is 3. The van der Waals surface area contributed by atoms with Gasteiger partial charge in [0.05, 0.1) is 5.25 Å². The van der Waals surface area contributed by atoms with E-state index in [1.807, 2.05) is 12.1 Å². The largest absolute Gasteiger partial charge is 0.341 e. The van der Waals surface area contributed by atoms with E-state index in [0.717, 1.165) is 24.2 Å². The number of carbonyl (C=O) groups is 2. The SMILES string of the molecule is CNC(=O)NC(=O)[C@H](C)Sc1nnc(-c2cccnc2)n1C1CC1. The molecule has 2 heterocycles. The summed E-state index contributed by atoms with van der Waals surface area (Å²) in [6.45, 7) is 1.73. The van der Waals surface area contributed by atoms with E-state index < -0.39 is 11.3 Å². The third-order valence-corrected chi connectivity index (χ3v) is 4.67. The molecule has 0 unspecified atom stereocenters. The van der Waals surface area contributed by atoms with Crippen molar-refractivity contribution >= 4 is 23.7 Å². The molecule has 1 aliphatic rings. The summed E-state index contributed by atoms with van der Waals surface area (Å²) in [5, 5.41) is 13.4. The van der Waals surface area contributed by atoms with E-state index in [9.17, 15) is 9.59 Å². The second kappa shape index (κ2) is 7.00. The van der Waals surface area contributed by atoms with Crippen LogP contribution in [-0.4, -0.2) is 44.0 Å². The Morgan fingerprint density at radius 2 is 2.17 bits per heavy atom. The normalized spacial score (nSPS) is 14.9. The van der Waals surface area contributed by atoms with Gasteiger partial charge in [0.2, 0.25) is 5.91 Å². The summed E-state index contributed by atoms with van der Waals surface area (Å²) in [4.78, 5) is 27.4. The molecule has 8 nitrogen and oxygen atoms in total. The Morgan fingerprint density at radius 1 is 1.38 bits per heavy atom. The molecule has 1 atom stereocenters. The summed E-state index contributed by atoms with van der Waals surface area (Å²) >= 11 is 1.29. The smallest absolute Gasteiger partial charge is 0.321 e. The van der Waals surface area contributed by atoms with Crippen LogP contribution in [0.15, 0.2) is 29.7 Å². The fourth-order valence-electron chi connectivity index (χ4n) is 2.20. The first-order chi connectivity index (χ1) is 11.6. The van der Waals surface area contributed by atoms with E-state index in [0.29, 0.717) is 11.2 Å². The Labute approximate surface area is 143 Å². The first-order valence-corrected chi connectivity index (χ1v) is 8.52. The van der Waals surface area contributed by atoms with Crippen LogP contribution in [0.25, 0.3) is 11.4 Å². The van der Waals surface area contributed by atoms with Gasteiger partial charge in [-0.2, -0.15) is 0 Å². The van der Waals surface area contributed by atoms with Crippen molar-refractivity contribution in [2.45, 2.75) is 36.2 Å². The van der Waals surface area contributed by atoms with Crippen molar-refractivity contribution in [1.29, 1.82) is 0 Å². The number of thioether (sulfide) groups is 1. The molecule has 0 saturated heterocycles. The molecule has 1 aliphatic carbocycles. The predicted molar refractivity (Wildman–Crippen MR) is 89.4 cm³/mol. The van der Waals surface area contributed by atoms with E-state index in [1.54, 1.807) is 19.3 Å². The molecule has 3 amide bonds. The molecule has 0 radical (unpaired) electrons. The molecular formula is C15H18N6O2S. The summed E-state index contributed by atoms with van der Waals surface area (Å²) < 4.78 is 2.06. The third-order valence-electron chi connectivity index (χ3n) is 3.61. The Hall–Kier alpha value is -2.42. The zero-order valence-corrected chi connectivity index (χ0v) is 14.2. The van der Waals surface area contributed by atoms with Crippen LogP contribution >= 0.6 is 11.8 Å². The summed E-state index contributed by atoms with van der Waals surface area (Å²) in [6.07, 6.45) is 5.59. The van der Waals surface area contributed by atoms with Crippen LogP contribution in [-0.2, 0) is 4.79 Å². The van der Waals surface area contributed by atoms with Gasteiger partial charge in [-0.05, 0) is 31.9 Å². The Balaban J connectivity index is 1.80. The zero-order chi connectivity index (χ0) is 17.1. The number of carbonyl (C=O) groups excluding carboxylic acids is 2.